The number of nitrogens with zero attached hydrogens (tertiary/aromatic N) is 2. The fraction of sp³-hybridized carbons (Fsp3) is 0.400. The molecule has 0 bridgehead atoms. The van der Waals surface area contributed by atoms with E-state index in [9.17, 15) is 0 Å². The summed E-state index contributed by atoms with van der Waals surface area (Å²) in [6, 6.07) is 11.7. The zero-order chi connectivity index (χ0) is 19.3. The highest BCUT2D eigenvalue weighted by atomic mass is 35.5. The van der Waals surface area contributed by atoms with E-state index in [1.54, 1.807) is 19.4 Å². The van der Waals surface area contributed by atoms with Gasteiger partial charge in [0.1, 0.15) is 17.5 Å². The van der Waals surface area contributed by atoms with Crippen LogP contribution in [0.15, 0.2) is 47.6 Å². The Balaban J connectivity index is 1.82. The summed E-state index contributed by atoms with van der Waals surface area (Å²) in [5.41, 5.74) is 2.25. The maximum atomic E-state index is 5.81. The number of benzene rings is 1. The molecule has 0 saturated carbocycles. The Morgan fingerprint density at radius 2 is 1.85 bits per heavy atom. The van der Waals surface area contributed by atoms with Crippen LogP contribution < -0.4 is 15.4 Å². The Kier molecular flexibility index (Phi) is 9.44. The topological polar surface area (TPSA) is 67.8 Å². The first-order valence-electron chi connectivity index (χ1n) is 9.04. The van der Waals surface area contributed by atoms with Gasteiger partial charge in [-0.1, -0.05) is 29.8 Å². The molecule has 1 heterocycles. The molecule has 0 atom stereocenters. The molecule has 27 heavy (non-hydrogen) atoms. The molecule has 7 heteroatoms. The second-order valence-electron chi connectivity index (χ2n) is 5.85. The molecule has 0 fully saturated rings. The molecule has 1 aromatic carbocycles. The molecule has 1 aromatic heterocycles. The zero-order valence-corrected chi connectivity index (χ0v) is 16.6. The van der Waals surface area contributed by atoms with E-state index >= 15 is 0 Å². The van der Waals surface area contributed by atoms with Crippen LogP contribution >= 0.6 is 11.6 Å². The zero-order valence-electron chi connectivity index (χ0n) is 15.9. The molecule has 146 valence electrons. The third kappa shape index (κ3) is 8.28. The Morgan fingerprint density at radius 1 is 1.07 bits per heavy atom. The Hall–Kier alpha value is -2.31. The van der Waals surface area contributed by atoms with E-state index in [-0.39, 0.29) is 0 Å². The van der Waals surface area contributed by atoms with Crippen LogP contribution in [-0.4, -0.2) is 44.4 Å². The van der Waals surface area contributed by atoms with Gasteiger partial charge in [0, 0.05) is 26.4 Å². The Morgan fingerprint density at radius 3 is 2.52 bits per heavy atom. The predicted octanol–water partition coefficient (Wildman–Crippen LogP) is 3.06. The summed E-state index contributed by atoms with van der Waals surface area (Å²) < 4.78 is 10.5. The van der Waals surface area contributed by atoms with Crippen molar-refractivity contribution in [2.24, 2.45) is 4.99 Å². The van der Waals surface area contributed by atoms with Crippen molar-refractivity contribution in [3.63, 3.8) is 0 Å². The van der Waals surface area contributed by atoms with Crippen LogP contribution in [-0.2, 0) is 17.7 Å². The standard InChI is InChI=1S/C20H27ClN4O2/c1-3-22-20(23-11-10-17-6-9-19(21)24-14-17)25-15-16-4-7-18(8-5-16)27-13-12-26-2/h4-9,14H,3,10-13,15H2,1-2H3,(H2,22,23,25). The van der Waals surface area contributed by atoms with Crippen LogP contribution in [0, 0.1) is 0 Å². The smallest absolute Gasteiger partial charge is 0.191 e. The third-order valence-electron chi connectivity index (χ3n) is 3.74. The van der Waals surface area contributed by atoms with Gasteiger partial charge in [0.05, 0.1) is 13.2 Å². The molecule has 0 aliphatic heterocycles. The van der Waals surface area contributed by atoms with Crippen LogP contribution in [0.25, 0.3) is 0 Å². The van der Waals surface area contributed by atoms with Gasteiger partial charge < -0.3 is 20.1 Å². The minimum atomic E-state index is 0.511. The summed E-state index contributed by atoms with van der Waals surface area (Å²) in [6.07, 6.45) is 2.65. The lowest BCUT2D eigenvalue weighted by atomic mass is 10.2. The number of hydrogen-bond donors (Lipinski definition) is 2. The first-order valence-corrected chi connectivity index (χ1v) is 9.42. The molecule has 0 unspecified atom stereocenters. The number of methoxy groups -OCH3 is 1. The lowest BCUT2D eigenvalue weighted by Gasteiger charge is -2.11. The van der Waals surface area contributed by atoms with E-state index in [4.69, 9.17) is 21.1 Å². The van der Waals surface area contributed by atoms with Crippen molar-refractivity contribution in [1.82, 2.24) is 15.6 Å². The lowest BCUT2D eigenvalue weighted by molar-refractivity contribution is 0.146. The van der Waals surface area contributed by atoms with Crippen LogP contribution in [0.3, 0.4) is 0 Å². The summed E-state index contributed by atoms with van der Waals surface area (Å²) in [5.74, 6) is 1.63. The molecule has 0 radical (unpaired) electrons. The average Bonchev–Trinajstić information content (AvgIpc) is 2.69. The number of guanidine groups is 1. The van der Waals surface area contributed by atoms with Crippen LogP contribution in [0.5, 0.6) is 5.75 Å². The highest BCUT2D eigenvalue weighted by Crippen LogP contribution is 2.12. The monoisotopic (exact) mass is 390 g/mol. The maximum absolute atomic E-state index is 5.81. The fourth-order valence-corrected chi connectivity index (χ4v) is 2.44. The maximum Gasteiger partial charge on any atom is 0.191 e. The van der Waals surface area contributed by atoms with Crippen LogP contribution in [0.4, 0.5) is 0 Å². The number of pyridine rings is 1. The van der Waals surface area contributed by atoms with Crippen molar-refractivity contribution in [2.75, 3.05) is 33.4 Å². The molecule has 2 N–H and O–H groups in total. The van der Waals surface area contributed by atoms with Gasteiger partial charge in [0.25, 0.3) is 0 Å². The van der Waals surface area contributed by atoms with Gasteiger partial charge in [-0.25, -0.2) is 9.98 Å². The number of aliphatic imine (C=N–C) groups is 1. The van der Waals surface area contributed by atoms with Gasteiger partial charge in [0.15, 0.2) is 5.96 Å². The highest BCUT2D eigenvalue weighted by Gasteiger charge is 2.00. The molecule has 6 nitrogen and oxygen atoms in total. The first kappa shape index (κ1) is 21.0. The lowest BCUT2D eigenvalue weighted by Crippen LogP contribution is -2.38. The third-order valence-corrected chi connectivity index (χ3v) is 3.96. The van der Waals surface area contributed by atoms with Gasteiger partial charge in [-0.05, 0) is 42.7 Å². The van der Waals surface area contributed by atoms with Crippen molar-refractivity contribution >= 4 is 17.6 Å². The van der Waals surface area contributed by atoms with Crippen molar-refractivity contribution in [2.45, 2.75) is 19.9 Å². The molecule has 0 spiro atoms. The van der Waals surface area contributed by atoms with E-state index in [0.717, 1.165) is 42.3 Å². The predicted molar refractivity (Wildman–Crippen MR) is 110 cm³/mol. The van der Waals surface area contributed by atoms with Gasteiger partial charge in [0.2, 0.25) is 0 Å². The number of rotatable bonds is 10. The average molecular weight is 391 g/mol. The summed E-state index contributed by atoms with van der Waals surface area (Å²) >= 11 is 5.81. The van der Waals surface area contributed by atoms with Gasteiger partial charge >= 0.3 is 0 Å². The summed E-state index contributed by atoms with van der Waals surface area (Å²) in [7, 11) is 1.66. The molecule has 0 saturated heterocycles. The molecular formula is C20H27ClN4O2. The van der Waals surface area contributed by atoms with Crippen molar-refractivity contribution in [3.8, 4) is 5.75 Å². The number of ether oxygens (including phenoxy) is 2. The minimum absolute atomic E-state index is 0.511. The molecule has 0 amide bonds. The van der Waals surface area contributed by atoms with Crippen molar-refractivity contribution in [3.05, 3.63) is 58.9 Å². The molecule has 0 aliphatic carbocycles. The number of aromatic nitrogens is 1. The van der Waals surface area contributed by atoms with Gasteiger partial charge in [-0.3, -0.25) is 0 Å². The molecular weight excluding hydrogens is 364 g/mol. The molecule has 2 aromatic rings. The summed E-state index contributed by atoms with van der Waals surface area (Å²) in [4.78, 5) is 8.73. The minimum Gasteiger partial charge on any atom is -0.491 e. The van der Waals surface area contributed by atoms with E-state index in [1.807, 2.05) is 37.3 Å². The fourth-order valence-electron chi connectivity index (χ4n) is 2.33. The van der Waals surface area contributed by atoms with Crippen molar-refractivity contribution < 1.29 is 9.47 Å². The van der Waals surface area contributed by atoms with E-state index in [1.165, 1.54) is 0 Å². The first-order chi connectivity index (χ1) is 13.2. The van der Waals surface area contributed by atoms with E-state index in [0.29, 0.717) is 24.9 Å². The Labute approximate surface area is 166 Å². The van der Waals surface area contributed by atoms with Gasteiger partial charge in [-0.15, -0.1) is 0 Å². The molecule has 2 rings (SSSR count). The van der Waals surface area contributed by atoms with Gasteiger partial charge in [-0.2, -0.15) is 0 Å². The quantitative estimate of drug-likeness (QED) is 0.282. The molecule has 0 aliphatic rings. The Bertz CT molecular complexity index is 690. The number of nitrogens with one attached hydrogen (secondary N) is 2. The highest BCUT2D eigenvalue weighted by molar-refractivity contribution is 6.29. The SMILES string of the molecule is CCNC(=NCc1ccc(OCCOC)cc1)NCCc1ccc(Cl)nc1. The normalized spacial score (nSPS) is 11.3. The summed E-state index contributed by atoms with van der Waals surface area (Å²) in [6.45, 7) is 5.34. The van der Waals surface area contributed by atoms with Crippen molar-refractivity contribution in [1.29, 1.82) is 0 Å². The van der Waals surface area contributed by atoms with E-state index < -0.39 is 0 Å². The van der Waals surface area contributed by atoms with Crippen LogP contribution in [0.2, 0.25) is 5.15 Å². The van der Waals surface area contributed by atoms with Crippen LogP contribution in [0.1, 0.15) is 18.1 Å². The second-order valence-corrected chi connectivity index (χ2v) is 6.23. The number of halogens is 1. The van der Waals surface area contributed by atoms with E-state index in [2.05, 4.69) is 20.6 Å². The summed E-state index contributed by atoms with van der Waals surface area (Å²) in [5, 5.41) is 7.11. The largest absolute Gasteiger partial charge is 0.491 e. The second kappa shape index (κ2) is 12.1. The number of hydrogen-bond acceptors (Lipinski definition) is 4.